The Morgan fingerprint density at radius 2 is 1.67 bits per heavy atom. The molecule has 0 aromatic heterocycles. The van der Waals surface area contributed by atoms with E-state index in [1.807, 2.05) is 25.1 Å². The molecular weight excluding hydrogens is 192 g/mol. The van der Waals surface area contributed by atoms with Crippen LogP contribution in [0.4, 0.5) is 0 Å². The maximum atomic E-state index is 9.35. The Balaban J connectivity index is 2.56. The standard InChI is InChI=1S/C12H12O3/c1-2-15-10-4-3-8-6-11(13)12(14)7-9(8)5-10/h3-7,13-14H,2H2,1H3. The van der Waals surface area contributed by atoms with Gasteiger partial charge in [0.15, 0.2) is 11.5 Å². The predicted molar refractivity (Wildman–Crippen MR) is 58.4 cm³/mol. The number of ether oxygens (including phenoxy) is 1. The summed E-state index contributed by atoms with van der Waals surface area (Å²) in [5.41, 5.74) is 0. The fourth-order valence-corrected chi connectivity index (χ4v) is 1.51. The highest BCUT2D eigenvalue weighted by Gasteiger charge is 2.03. The van der Waals surface area contributed by atoms with Crippen LogP contribution in [0.25, 0.3) is 10.8 Å². The molecule has 3 nitrogen and oxygen atoms in total. The van der Waals surface area contributed by atoms with Gasteiger partial charge in [-0.05, 0) is 42.0 Å². The third-order valence-electron chi connectivity index (χ3n) is 2.22. The van der Waals surface area contributed by atoms with Gasteiger partial charge >= 0.3 is 0 Å². The molecule has 0 spiro atoms. The maximum Gasteiger partial charge on any atom is 0.158 e. The van der Waals surface area contributed by atoms with Gasteiger partial charge in [-0.15, -0.1) is 0 Å². The lowest BCUT2D eigenvalue weighted by atomic mass is 10.1. The Morgan fingerprint density at radius 3 is 2.33 bits per heavy atom. The van der Waals surface area contributed by atoms with E-state index in [1.165, 1.54) is 12.1 Å². The van der Waals surface area contributed by atoms with Crippen LogP contribution in [0.1, 0.15) is 6.92 Å². The van der Waals surface area contributed by atoms with E-state index < -0.39 is 0 Å². The number of hydrogen-bond acceptors (Lipinski definition) is 3. The van der Waals surface area contributed by atoms with Crippen molar-refractivity contribution in [3.8, 4) is 17.2 Å². The fourth-order valence-electron chi connectivity index (χ4n) is 1.51. The summed E-state index contributed by atoms with van der Waals surface area (Å²) < 4.78 is 5.34. The normalized spacial score (nSPS) is 10.5. The first-order chi connectivity index (χ1) is 7.20. The quantitative estimate of drug-likeness (QED) is 0.739. The summed E-state index contributed by atoms with van der Waals surface area (Å²) in [6, 6.07) is 8.56. The molecule has 3 heteroatoms. The van der Waals surface area contributed by atoms with Crippen LogP contribution >= 0.6 is 0 Å². The Labute approximate surface area is 87.5 Å². The summed E-state index contributed by atoms with van der Waals surface area (Å²) in [5.74, 6) is 0.540. The number of phenolic OH excluding ortho intramolecular Hbond substituents is 2. The first kappa shape index (κ1) is 9.65. The molecule has 0 radical (unpaired) electrons. The molecule has 0 saturated heterocycles. The van der Waals surface area contributed by atoms with Crippen molar-refractivity contribution in [2.24, 2.45) is 0 Å². The molecule has 2 N–H and O–H groups in total. The van der Waals surface area contributed by atoms with Crippen LogP contribution in [0.2, 0.25) is 0 Å². The zero-order valence-corrected chi connectivity index (χ0v) is 8.40. The highest BCUT2D eigenvalue weighted by Crippen LogP contribution is 2.31. The Morgan fingerprint density at radius 1 is 1.00 bits per heavy atom. The monoisotopic (exact) mass is 204 g/mol. The lowest BCUT2D eigenvalue weighted by Gasteiger charge is -2.05. The zero-order valence-electron chi connectivity index (χ0n) is 8.40. The van der Waals surface area contributed by atoms with E-state index >= 15 is 0 Å². The summed E-state index contributed by atoms with van der Waals surface area (Å²) >= 11 is 0. The molecule has 0 amide bonds. The van der Waals surface area contributed by atoms with Crippen molar-refractivity contribution in [1.29, 1.82) is 0 Å². The van der Waals surface area contributed by atoms with Crippen molar-refractivity contribution in [3.05, 3.63) is 30.3 Å². The minimum absolute atomic E-state index is 0.105. The Hall–Kier alpha value is -1.90. The molecule has 0 aliphatic heterocycles. The third kappa shape index (κ3) is 1.81. The number of aromatic hydroxyl groups is 2. The van der Waals surface area contributed by atoms with Gasteiger partial charge in [-0.2, -0.15) is 0 Å². The highest BCUT2D eigenvalue weighted by molar-refractivity contribution is 5.87. The topological polar surface area (TPSA) is 49.7 Å². The lowest BCUT2D eigenvalue weighted by Crippen LogP contribution is -1.90. The van der Waals surface area contributed by atoms with Gasteiger partial charge < -0.3 is 14.9 Å². The van der Waals surface area contributed by atoms with Crippen LogP contribution in [-0.2, 0) is 0 Å². The minimum atomic E-state index is -0.115. The largest absolute Gasteiger partial charge is 0.504 e. The highest BCUT2D eigenvalue weighted by atomic mass is 16.5. The van der Waals surface area contributed by atoms with Gasteiger partial charge in [-0.3, -0.25) is 0 Å². The van der Waals surface area contributed by atoms with Gasteiger partial charge in [0.25, 0.3) is 0 Å². The second-order valence-corrected chi connectivity index (χ2v) is 3.28. The smallest absolute Gasteiger partial charge is 0.158 e. The molecule has 0 heterocycles. The number of phenols is 2. The van der Waals surface area contributed by atoms with Gasteiger partial charge in [0, 0.05) is 0 Å². The van der Waals surface area contributed by atoms with Crippen molar-refractivity contribution in [1.82, 2.24) is 0 Å². The number of rotatable bonds is 2. The molecule has 2 aromatic rings. The predicted octanol–water partition coefficient (Wildman–Crippen LogP) is 2.65. The van der Waals surface area contributed by atoms with Gasteiger partial charge in [-0.1, -0.05) is 6.07 Å². The molecule has 15 heavy (non-hydrogen) atoms. The summed E-state index contributed by atoms with van der Waals surface area (Å²) in [4.78, 5) is 0. The zero-order chi connectivity index (χ0) is 10.8. The minimum Gasteiger partial charge on any atom is -0.504 e. The lowest BCUT2D eigenvalue weighted by molar-refractivity contribution is 0.340. The van der Waals surface area contributed by atoms with Gasteiger partial charge in [0.2, 0.25) is 0 Å². The number of fused-ring (bicyclic) bond motifs is 1. The van der Waals surface area contributed by atoms with Crippen molar-refractivity contribution in [2.75, 3.05) is 6.61 Å². The SMILES string of the molecule is CCOc1ccc2cc(O)c(O)cc2c1. The van der Waals surface area contributed by atoms with E-state index in [1.54, 1.807) is 0 Å². The first-order valence-corrected chi connectivity index (χ1v) is 4.79. The molecule has 0 atom stereocenters. The van der Waals surface area contributed by atoms with E-state index in [4.69, 9.17) is 4.74 Å². The van der Waals surface area contributed by atoms with Crippen LogP contribution in [0.5, 0.6) is 17.2 Å². The second kappa shape index (κ2) is 3.69. The van der Waals surface area contributed by atoms with Crippen LogP contribution < -0.4 is 4.74 Å². The summed E-state index contributed by atoms with van der Waals surface area (Å²) in [6.07, 6.45) is 0. The van der Waals surface area contributed by atoms with Gasteiger partial charge in [0.1, 0.15) is 5.75 Å². The maximum absolute atomic E-state index is 9.35. The van der Waals surface area contributed by atoms with Gasteiger partial charge in [0.05, 0.1) is 6.61 Å². The van der Waals surface area contributed by atoms with E-state index in [0.29, 0.717) is 6.61 Å². The molecular formula is C12H12O3. The van der Waals surface area contributed by atoms with E-state index in [-0.39, 0.29) is 11.5 Å². The molecule has 0 fully saturated rings. The molecule has 78 valence electrons. The van der Waals surface area contributed by atoms with E-state index in [9.17, 15) is 10.2 Å². The summed E-state index contributed by atoms with van der Waals surface area (Å²) in [6.45, 7) is 2.52. The average Bonchev–Trinajstić information content (AvgIpc) is 2.21. The van der Waals surface area contributed by atoms with Crippen LogP contribution in [0.3, 0.4) is 0 Å². The van der Waals surface area contributed by atoms with Crippen LogP contribution in [-0.4, -0.2) is 16.8 Å². The van der Waals surface area contributed by atoms with Crippen molar-refractivity contribution < 1.29 is 14.9 Å². The molecule has 0 saturated carbocycles. The molecule has 2 rings (SSSR count). The van der Waals surface area contributed by atoms with Gasteiger partial charge in [-0.25, -0.2) is 0 Å². The number of hydrogen-bond donors (Lipinski definition) is 2. The van der Waals surface area contributed by atoms with Crippen molar-refractivity contribution in [2.45, 2.75) is 6.92 Å². The van der Waals surface area contributed by atoms with Crippen molar-refractivity contribution in [3.63, 3.8) is 0 Å². The van der Waals surface area contributed by atoms with Crippen molar-refractivity contribution >= 4 is 10.8 Å². The second-order valence-electron chi connectivity index (χ2n) is 3.28. The molecule has 0 bridgehead atoms. The van der Waals surface area contributed by atoms with Crippen LogP contribution in [0.15, 0.2) is 30.3 Å². The van der Waals surface area contributed by atoms with E-state index in [2.05, 4.69) is 0 Å². The summed E-state index contributed by atoms with van der Waals surface area (Å²) in [7, 11) is 0. The third-order valence-corrected chi connectivity index (χ3v) is 2.22. The summed E-state index contributed by atoms with van der Waals surface area (Å²) in [5, 5.41) is 20.4. The first-order valence-electron chi connectivity index (χ1n) is 4.79. The van der Waals surface area contributed by atoms with Crippen LogP contribution in [0, 0.1) is 0 Å². The molecule has 0 aliphatic rings. The fraction of sp³-hybridized carbons (Fsp3) is 0.167. The van der Waals surface area contributed by atoms with E-state index in [0.717, 1.165) is 16.5 Å². The molecule has 0 unspecified atom stereocenters. The number of benzene rings is 2. The Kier molecular flexibility index (Phi) is 2.37. The molecule has 2 aromatic carbocycles. The average molecular weight is 204 g/mol. The Bertz CT molecular complexity index is 491. The molecule has 0 aliphatic carbocycles.